The molecule has 0 saturated heterocycles. The summed E-state index contributed by atoms with van der Waals surface area (Å²) in [5, 5.41) is 7.14. The summed E-state index contributed by atoms with van der Waals surface area (Å²) < 4.78 is 5.63. The Bertz CT molecular complexity index is 167. The predicted molar refractivity (Wildman–Crippen MR) is 71.3 cm³/mol. The minimum atomic E-state index is 0.773. The summed E-state index contributed by atoms with van der Waals surface area (Å²) in [6, 6.07) is 1.55. The van der Waals surface area contributed by atoms with Crippen LogP contribution in [0.4, 0.5) is 0 Å². The molecule has 0 spiro atoms. The van der Waals surface area contributed by atoms with Crippen molar-refractivity contribution < 1.29 is 4.74 Å². The molecule has 2 fully saturated rings. The Kier molecular flexibility index (Phi) is 6.32. The molecule has 2 saturated carbocycles. The smallest absolute Gasteiger partial charge is 0.0591 e. The third-order valence-corrected chi connectivity index (χ3v) is 4.07. The predicted octanol–water partition coefficient (Wildman–Crippen LogP) is 2.07. The molecule has 0 bridgehead atoms. The second-order valence-corrected chi connectivity index (χ2v) is 5.48. The van der Waals surface area contributed by atoms with E-state index < -0.39 is 0 Å². The van der Waals surface area contributed by atoms with Gasteiger partial charge in [-0.3, -0.25) is 0 Å². The highest BCUT2D eigenvalue weighted by Crippen LogP contribution is 2.17. The molecule has 2 aliphatic carbocycles. The van der Waals surface area contributed by atoms with Crippen molar-refractivity contribution in [3.05, 3.63) is 0 Å². The van der Waals surface area contributed by atoms with Crippen molar-refractivity contribution in [3.8, 4) is 0 Å². The van der Waals surface area contributed by atoms with Gasteiger partial charge in [-0.2, -0.15) is 0 Å². The first kappa shape index (κ1) is 13.3. The third kappa shape index (κ3) is 5.36. The lowest BCUT2D eigenvalue weighted by molar-refractivity contribution is 0.133. The number of hydrogen-bond donors (Lipinski definition) is 2. The van der Waals surface area contributed by atoms with Gasteiger partial charge >= 0.3 is 0 Å². The van der Waals surface area contributed by atoms with E-state index >= 15 is 0 Å². The van der Waals surface area contributed by atoms with Crippen LogP contribution < -0.4 is 10.6 Å². The molecule has 0 radical (unpaired) electrons. The summed E-state index contributed by atoms with van der Waals surface area (Å²) in [6.07, 6.45) is 11.1. The Morgan fingerprint density at radius 3 is 1.53 bits per heavy atom. The fourth-order valence-corrected chi connectivity index (χ4v) is 3.03. The molecule has 3 nitrogen and oxygen atoms in total. The molecule has 0 aromatic carbocycles. The molecule has 0 unspecified atom stereocenters. The van der Waals surface area contributed by atoms with Crippen LogP contribution in [0.5, 0.6) is 0 Å². The quantitative estimate of drug-likeness (QED) is 0.637. The largest absolute Gasteiger partial charge is 0.379 e. The second-order valence-electron chi connectivity index (χ2n) is 5.48. The van der Waals surface area contributed by atoms with Crippen LogP contribution in [0.15, 0.2) is 0 Å². The van der Waals surface area contributed by atoms with Gasteiger partial charge in [-0.15, -0.1) is 0 Å². The zero-order chi connectivity index (χ0) is 11.8. The van der Waals surface area contributed by atoms with E-state index in [1.165, 1.54) is 51.4 Å². The molecular weight excluding hydrogens is 212 g/mol. The highest BCUT2D eigenvalue weighted by Gasteiger charge is 2.14. The van der Waals surface area contributed by atoms with Gasteiger partial charge < -0.3 is 15.4 Å². The van der Waals surface area contributed by atoms with Gasteiger partial charge in [0.1, 0.15) is 0 Å². The van der Waals surface area contributed by atoms with Crippen LogP contribution in [-0.2, 0) is 4.74 Å². The fourth-order valence-electron chi connectivity index (χ4n) is 3.03. The first-order chi connectivity index (χ1) is 8.45. The number of ether oxygens (including phenoxy) is 1. The van der Waals surface area contributed by atoms with E-state index in [2.05, 4.69) is 10.6 Å². The maximum atomic E-state index is 5.63. The van der Waals surface area contributed by atoms with Crippen LogP contribution in [0.3, 0.4) is 0 Å². The normalized spacial score (nSPS) is 22.6. The zero-order valence-electron chi connectivity index (χ0n) is 11.0. The summed E-state index contributed by atoms with van der Waals surface area (Å²) >= 11 is 0. The molecule has 0 aromatic heterocycles. The Morgan fingerprint density at radius 2 is 1.12 bits per heavy atom. The SMILES string of the molecule is C1CCC(NCCOCCNC2CCCC2)C1. The van der Waals surface area contributed by atoms with Crippen LogP contribution in [0.2, 0.25) is 0 Å². The Balaban J connectivity index is 1.33. The molecule has 2 rings (SSSR count). The molecule has 0 heterocycles. The van der Waals surface area contributed by atoms with E-state index in [0.29, 0.717) is 0 Å². The van der Waals surface area contributed by atoms with Crippen molar-refractivity contribution >= 4 is 0 Å². The van der Waals surface area contributed by atoms with Crippen molar-refractivity contribution in [2.24, 2.45) is 0 Å². The van der Waals surface area contributed by atoms with Crippen molar-refractivity contribution in [2.45, 2.75) is 63.5 Å². The van der Waals surface area contributed by atoms with E-state index in [-0.39, 0.29) is 0 Å². The number of rotatable bonds is 8. The lowest BCUT2D eigenvalue weighted by Gasteiger charge is -2.13. The minimum Gasteiger partial charge on any atom is -0.379 e. The lowest BCUT2D eigenvalue weighted by Crippen LogP contribution is -2.32. The molecule has 0 amide bonds. The van der Waals surface area contributed by atoms with E-state index in [9.17, 15) is 0 Å². The number of hydrogen-bond acceptors (Lipinski definition) is 3. The van der Waals surface area contributed by atoms with Crippen molar-refractivity contribution in [2.75, 3.05) is 26.3 Å². The number of nitrogens with one attached hydrogen (secondary N) is 2. The topological polar surface area (TPSA) is 33.3 Å². The maximum absolute atomic E-state index is 5.63. The van der Waals surface area contributed by atoms with Gasteiger partial charge in [-0.1, -0.05) is 25.7 Å². The van der Waals surface area contributed by atoms with E-state index in [0.717, 1.165) is 38.4 Å². The van der Waals surface area contributed by atoms with E-state index in [4.69, 9.17) is 4.74 Å². The summed E-state index contributed by atoms with van der Waals surface area (Å²) in [4.78, 5) is 0. The Morgan fingerprint density at radius 1 is 0.706 bits per heavy atom. The third-order valence-electron chi connectivity index (χ3n) is 4.07. The standard InChI is InChI=1S/C14H28N2O/c1-2-6-13(5-1)15-9-11-17-12-10-16-14-7-3-4-8-14/h13-16H,1-12H2. The van der Waals surface area contributed by atoms with Gasteiger partial charge in [-0.05, 0) is 25.7 Å². The fraction of sp³-hybridized carbons (Fsp3) is 1.00. The second kappa shape index (κ2) is 8.06. The van der Waals surface area contributed by atoms with Crippen molar-refractivity contribution in [1.82, 2.24) is 10.6 Å². The molecule has 100 valence electrons. The lowest BCUT2D eigenvalue weighted by atomic mass is 10.2. The zero-order valence-corrected chi connectivity index (χ0v) is 11.0. The van der Waals surface area contributed by atoms with Crippen molar-refractivity contribution in [3.63, 3.8) is 0 Å². The van der Waals surface area contributed by atoms with Crippen LogP contribution in [0.25, 0.3) is 0 Å². The maximum Gasteiger partial charge on any atom is 0.0591 e. The first-order valence-corrected chi connectivity index (χ1v) is 7.49. The van der Waals surface area contributed by atoms with Crippen LogP contribution >= 0.6 is 0 Å². The van der Waals surface area contributed by atoms with Gasteiger partial charge in [0.25, 0.3) is 0 Å². The molecule has 0 atom stereocenters. The van der Waals surface area contributed by atoms with Crippen LogP contribution in [0, 0.1) is 0 Å². The van der Waals surface area contributed by atoms with Crippen LogP contribution in [-0.4, -0.2) is 38.4 Å². The summed E-state index contributed by atoms with van der Waals surface area (Å²) in [5.41, 5.74) is 0. The Labute approximate surface area is 106 Å². The Hall–Kier alpha value is -0.120. The van der Waals surface area contributed by atoms with Gasteiger partial charge in [0, 0.05) is 25.2 Å². The molecular formula is C14H28N2O. The van der Waals surface area contributed by atoms with Gasteiger partial charge in [0.15, 0.2) is 0 Å². The van der Waals surface area contributed by atoms with Gasteiger partial charge in [0.05, 0.1) is 13.2 Å². The minimum absolute atomic E-state index is 0.773. The summed E-state index contributed by atoms with van der Waals surface area (Å²) in [6.45, 7) is 3.77. The molecule has 3 heteroatoms. The monoisotopic (exact) mass is 240 g/mol. The van der Waals surface area contributed by atoms with E-state index in [1.807, 2.05) is 0 Å². The average Bonchev–Trinajstić information content (AvgIpc) is 3.00. The summed E-state index contributed by atoms with van der Waals surface area (Å²) in [5.74, 6) is 0. The first-order valence-electron chi connectivity index (χ1n) is 7.49. The van der Waals surface area contributed by atoms with Crippen molar-refractivity contribution in [1.29, 1.82) is 0 Å². The molecule has 0 aromatic rings. The van der Waals surface area contributed by atoms with Gasteiger partial charge in [-0.25, -0.2) is 0 Å². The summed E-state index contributed by atoms with van der Waals surface area (Å²) in [7, 11) is 0. The molecule has 17 heavy (non-hydrogen) atoms. The van der Waals surface area contributed by atoms with Crippen LogP contribution in [0.1, 0.15) is 51.4 Å². The average molecular weight is 240 g/mol. The molecule has 2 aliphatic rings. The molecule has 0 aliphatic heterocycles. The highest BCUT2D eigenvalue weighted by molar-refractivity contribution is 4.74. The highest BCUT2D eigenvalue weighted by atomic mass is 16.5. The van der Waals surface area contributed by atoms with Gasteiger partial charge in [0.2, 0.25) is 0 Å². The molecule has 2 N–H and O–H groups in total. The van der Waals surface area contributed by atoms with E-state index in [1.54, 1.807) is 0 Å².